The lowest BCUT2D eigenvalue weighted by Crippen LogP contribution is -1.98. The standard InChI is InChI=1S/C21H19NO5/c1-2-3-6-22-11-12(15-5-4-13(23)8-16(15)22)7-19-21(26)20-17(25)9-14(24)10-18(20)27-19/h4-5,7-11,23-25H,2-3,6H2,1H3/b19-7-. The highest BCUT2D eigenvalue weighted by molar-refractivity contribution is 6.16. The van der Waals surface area contributed by atoms with Crippen LogP contribution in [0.25, 0.3) is 17.0 Å². The first-order valence-corrected chi connectivity index (χ1v) is 8.80. The van der Waals surface area contributed by atoms with Crippen LogP contribution in [0.5, 0.6) is 23.0 Å². The molecule has 3 N–H and O–H groups in total. The molecule has 6 heteroatoms. The lowest BCUT2D eigenvalue weighted by Gasteiger charge is -2.03. The van der Waals surface area contributed by atoms with Crippen LogP contribution in [0.15, 0.2) is 42.3 Å². The Kier molecular flexibility index (Phi) is 4.03. The van der Waals surface area contributed by atoms with Crippen molar-refractivity contribution in [2.75, 3.05) is 0 Å². The largest absolute Gasteiger partial charge is 0.508 e. The fourth-order valence-corrected chi connectivity index (χ4v) is 3.36. The third-order valence-electron chi connectivity index (χ3n) is 4.67. The first-order valence-electron chi connectivity index (χ1n) is 8.80. The van der Waals surface area contributed by atoms with Crippen LogP contribution in [0.3, 0.4) is 0 Å². The van der Waals surface area contributed by atoms with E-state index >= 15 is 0 Å². The maximum atomic E-state index is 12.6. The monoisotopic (exact) mass is 365 g/mol. The number of carbonyl (C=O) groups excluding carboxylic acids is 1. The van der Waals surface area contributed by atoms with Crippen molar-refractivity contribution in [3.8, 4) is 23.0 Å². The molecule has 138 valence electrons. The van der Waals surface area contributed by atoms with E-state index in [1.54, 1.807) is 24.3 Å². The fraction of sp³-hybridized carbons (Fsp3) is 0.190. The van der Waals surface area contributed by atoms with Crippen LogP contribution in [0.2, 0.25) is 0 Å². The van der Waals surface area contributed by atoms with E-state index in [0.717, 1.165) is 41.9 Å². The molecule has 2 heterocycles. The topological polar surface area (TPSA) is 91.9 Å². The van der Waals surface area contributed by atoms with Gasteiger partial charge in [-0.1, -0.05) is 13.3 Å². The maximum absolute atomic E-state index is 12.6. The van der Waals surface area contributed by atoms with Crippen molar-refractivity contribution >= 4 is 22.8 Å². The minimum Gasteiger partial charge on any atom is -0.508 e. The summed E-state index contributed by atoms with van der Waals surface area (Å²) in [5.41, 5.74) is 1.70. The summed E-state index contributed by atoms with van der Waals surface area (Å²) >= 11 is 0. The van der Waals surface area contributed by atoms with E-state index in [1.165, 1.54) is 6.07 Å². The Bertz CT molecular complexity index is 1090. The number of carbonyl (C=O) groups is 1. The Labute approximate surface area is 155 Å². The number of phenolic OH excluding ortho intramolecular Hbond substituents is 3. The highest BCUT2D eigenvalue weighted by atomic mass is 16.5. The van der Waals surface area contributed by atoms with Crippen LogP contribution in [0, 0.1) is 0 Å². The predicted octanol–water partition coefficient (Wildman–Crippen LogP) is 4.17. The van der Waals surface area contributed by atoms with Gasteiger partial charge in [-0.15, -0.1) is 0 Å². The Morgan fingerprint density at radius 1 is 1.11 bits per heavy atom. The van der Waals surface area contributed by atoms with Crippen molar-refractivity contribution in [3.63, 3.8) is 0 Å². The van der Waals surface area contributed by atoms with E-state index in [1.807, 2.05) is 10.8 Å². The van der Waals surface area contributed by atoms with Crippen molar-refractivity contribution in [1.29, 1.82) is 0 Å². The second-order valence-electron chi connectivity index (χ2n) is 6.61. The molecule has 0 bridgehead atoms. The van der Waals surface area contributed by atoms with Crippen LogP contribution >= 0.6 is 0 Å². The van der Waals surface area contributed by atoms with Crippen molar-refractivity contribution in [2.45, 2.75) is 26.3 Å². The summed E-state index contributed by atoms with van der Waals surface area (Å²) in [6.07, 6.45) is 5.57. The van der Waals surface area contributed by atoms with Gasteiger partial charge in [0.15, 0.2) is 5.76 Å². The molecule has 0 fully saturated rings. The molecule has 1 aliphatic heterocycles. The number of aromatic hydroxyl groups is 3. The third kappa shape index (κ3) is 2.89. The van der Waals surface area contributed by atoms with E-state index in [2.05, 4.69) is 6.92 Å². The summed E-state index contributed by atoms with van der Waals surface area (Å²) in [5.74, 6) is -0.528. The van der Waals surface area contributed by atoms with Gasteiger partial charge in [0.2, 0.25) is 5.78 Å². The molecule has 0 radical (unpaired) electrons. The molecule has 2 aromatic carbocycles. The maximum Gasteiger partial charge on any atom is 0.235 e. The molecular weight excluding hydrogens is 346 g/mol. The summed E-state index contributed by atoms with van der Waals surface area (Å²) in [4.78, 5) is 12.6. The van der Waals surface area contributed by atoms with Crippen molar-refractivity contribution in [3.05, 3.63) is 53.4 Å². The van der Waals surface area contributed by atoms with Crippen LogP contribution in [0.4, 0.5) is 0 Å². The quantitative estimate of drug-likeness (QED) is 0.604. The van der Waals surface area contributed by atoms with Gasteiger partial charge in [-0.25, -0.2) is 0 Å². The van der Waals surface area contributed by atoms with E-state index < -0.39 is 5.78 Å². The van der Waals surface area contributed by atoms with Gasteiger partial charge in [0.25, 0.3) is 0 Å². The van der Waals surface area contributed by atoms with Crippen LogP contribution < -0.4 is 4.74 Å². The average Bonchev–Trinajstić information content (AvgIpc) is 3.11. The fourth-order valence-electron chi connectivity index (χ4n) is 3.36. The normalized spacial score (nSPS) is 14.7. The highest BCUT2D eigenvalue weighted by Gasteiger charge is 2.31. The lowest BCUT2D eigenvalue weighted by atomic mass is 10.1. The first kappa shape index (κ1) is 17.0. The van der Waals surface area contributed by atoms with Gasteiger partial charge in [0.05, 0.1) is 5.52 Å². The molecule has 1 aliphatic rings. The number of benzene rings is 2. The minimum absolute atomic E-state index is 0.0476. The van der Waals surface area contributed by atoms with E-state index in [0.29, 0.717) is 0 Å². The summed E-state index contributed by atoms with van der Waals surface area (Å²) in [5, 5.41) is 30.3. The zero-order valence-corrected chi connectivity index (χ0v) is 14.8. The summed E-state index contributed by atoms with van der Waals surface area (Å²) in [6.45, 7) is 2.90. The second kappa shape index (κ2) is 6.39. The molecule has 0 amide bonds. The third-order valence-corrected chi connectivity index (χ3v) is 4.67. The molecule has 0 aliphatic carbocycles. The number of aromatic nitrogens is 1. The van der Waals surface area contributed by atoms with Crippen LogP contribution in [-0.2, 0) is 6.54 Å². The smallest absolute Gasteiger partial charge is 0.235 e. The number of ketones is 1. The van der Waals surface area contributed by atoms with E-state index in [4.69, 9.17) is 4.74 Å². The number of unbranched alkanes of at least 4 members (excludes halogenated alkanes) is 1. The van der Waals surface area contributed by atoms with Crippen LogP contribution in [0.1, 0.15) is 35.7 Å². The number of hydrogen-bond acceptors (Lipinski definition) is 5. The minimum atomic E-state index is -0.435. The molecular formula is C21H19NO5. The van der Waals surface area contributed by atoms with Crippen molar-refractivity contribution < 1.29 is 24.9 Å². The Morgan fingerprint density at radius 3 is 2.70 bits per heavy atom. The Balaban J connectivity index is 1.80. The Morgan fingerprint density at radius 2 is 1.93 bits per heavy atom. The number of rotatable bonds is 4. The van der Waals surface area contributed by atoms with Gasteiger partial charge in [-0.2, -0.15) is 0 Å². The lowest BCUT2D eigenvalue weighted by molar-refractivity contribution is 0.101. The van der Waals surface area contributed by atoms with E-state index in [-0.39, 0.29) is 34.3 Å². The predicted molar refractivity (Wildman–Crippen MR) is 101 cm³/mol. The number of fused-ring (bicyclic) bond motifs is 2. The first-order chi connectivity index (χ1) is 13.0. The van der Waals surface area contributed by atoms with Gasteiger partial charge in [0.1, 0.15) is 28.6 Å². The number of hydrogen-bond donors (Lipinski definition) is 3. The van der Waals surface area contributed by atoms with Crippen LogP contribution in [-0.4, -0.2) is 25.7 Å². The molecule has 0 spiro atoms. The number of Topliss-reactive ketones (excluding diaryl/α,β-unsaturated/α-hetero) is 1. The van der Waals surface area contributed by atoms with Crippen molar-refractivity contribution in [2.24, 2.45) is 0 Å². The molecule has 3 aromatic rings. The second-order valence-corrected chi connectivity index (χ2v) is 6.61. The molecule has 0 saturated carbocycles. The summed E-state index contributed by atoms with van der Waals surface area (Å²) in [7, 11) is 0. The molecule has 0 saturated heterocycles. The molecule has 6 nitrogen and oxygen atoms in total. The summed E-state index contributed by atoms with van der Waals surface area (Å²) in [6, 6.07) is 7.52. The molecule has 27 heavy (non-hydrogen) atoms. The van der Waals surface area contributed by atoms with Gasteiger partial charge >= 0.3 is 0 Å². The molecule has 0 atom stereocenters. The van der Waals surface area contributed by atoms with Gasteiger partial charge in [-0.3, -0.25) is 4.79 Å². The molecule has 0 unspecified atom stereocenters. The van der Waals surface area contributed by atoms with E-state index in [9.17, 15) is 20.1 Å². The average molecular weight is 365 g/mol. The SMILES string of the molecule is CCCCn1cc(/C=C2\Oc3cc(O)cc(O)c3C2=O)c2ccc(O)cc21. The zero-order valence-electron chi connectivity index (χ0n) is 14.8. The molecule has 1 aromatic heterocycles. The zero-order chi connectivity index (χ0) is 19.1. The van der Waals surface area contributed by atoms with Gasteiger partial charge in [0, 0.05) is 41.9 Å². The summed E-state index contributed by atoms with van der Waals surface area (Å²) < 4.78 is 7.62. The number of allylic oxidation sites excluding steroid dienone is 1. The van der Waals surface area contributed by atoms with Gasteiger partial charge in [-0.05, 0) is 24.6 Å². The van der Waals surface area contributed by atoms with Crippen molar-refractivity contribution in [1.82, 2.24) is 4.57 Å². The van der Waals surface area contributed by atoms with Gasteiger partial charge < -0.3 is 24.6 Å². The Hall–Kier alpha value is -3.41. The number of ether oxygens (including phenoxy) is 1. The number of aryl methyl sites for hydroxylation is 1. The molecule has 4 rings (SSSR count). The number of nitrogens with zero attached hydrogens (tertiary/aromatic N) is 1. The number of phenols is 3. The highest BCUT2D eigenvalue weighted by Crippen LogP contribution is 2.41.